The number of hydrogen-bond donors (Lipinski definition) is 1. The van der Waals surface area contributed by atoms with Crippen molar-refractivity contribution in [1.82, 2.24) is 5.32 Å². The van der Waals surface area contributed by atoms with Gasteiger partial charge in [0.05, 0.1) is 18.6 Å². The van der Waals surface area contributed by atoms with Crippen LogP contribution in [0.1, 0.15) is 23.7 Å². The Morgan fingerprint density at radius 3 is 2.67 bits per heavy atom. The molecule has 0 fully saturated rings. The third-order valence-electron chi connectivity index (χ3n) is 2.10. The molecule has 0 spiro atoms. The average Bonchev–Trinajstić information content (AvgIpc) is 2.29. The molecule has 1 N–H and O–H groups in total. The summed E-state index contributed by atoms with van der Waals surface area (Å²) >= 11 is 6.62. The Labute approximate surface area is 122 Å². The molecule has 18 heavy (non-hydrogen) atoms. The maximum absolute atomic E-state index is 11.8. The zero-order valence-corrected chi connectivity index (χ0v) is 13.0. The number of amides is 1. The lowest BCUT2D eigenvalue weighted by Crippen LogP contribution is -2.26. The Balaban J connectivity index is 2.48. The summed E-state index contributed by atoms with van der Waals surface area (Å²) in [6.07, 6.45) is 0.174. The summed E-state index contributed by atoms with van der Waals surface area (Å²) in [7, 11) is 0. The lowest BCUT2D eigenvalue weighted by molar-refractivity contribution is -0.142. The molecule has 98 valence electrons. The van der Waals surface area contributed by atoms with E-state index >= 15 is 0 Å². The van der Waals surface area contributed by atoms with Gasteiger partial charge in [0.2, 0.25) is 0 Å². The fourth-order valence-electron chi connectivity index (χ4n) is 1.28. The summed E-state index contributed by atoms with van der Waals surface area (Å²) in [6, 6.07) is 5.28. The molecular formula is C12H13Br2NO3. The molecule has 0 bridgehead atoms. The van der Waals surface area contributed by atoms with E-state index in [1.807, 2.05) is 0 Å². The summed E-state index contributed by atoms with van der Waals surface area (Å²) in [6.45, 7) is 2.36. The molecule has 0 aliphatic rings. The van der Waals surface area contributed by atoms with Crippen molar-refractivity contribution >= 4 is 43.7 Å². The number of carbonyl (C=O) groups excluding carboxylic acids is 2. The number of carbonyl (C=O) groups is 2. The first-order valence-electron chi connectivity index (χ1n) is 5.43. The largest absolute Gasteiger partial charge is 0.466 e. The molecule has 1 rings (SSSR count). The lowest BCUT2D eigenvalue weighted by atomic mass is 10.2. The molecule has 0 aliphatic carbocycles. The van der Waals surface area contributed by atoms with Gasteiger partial charge in [-0.3, -0.25) is 9.59 Å². The number of nitrogens with one attached hydrogen (secondary N) is 1. The van der Waals surface area contributed by atoms with Gasteiger partial charge in [0, 0.05) is 15.5 Å². The minimum Gasteiger partial charge on any atom is -0.466 e. The zero-order valence-electron chi connectivity index (χ0n) is 9.83. The minimum atomic E-state index is -0.312. The van der Waals surface area contributed by atoms with Gasteiger partial charge in [0.25, 0.3) is 5.91 Å². The van der Waals surface area contributed by atoms with Crippen molar-refractivity contribution in [3.8, 4) is 0 Å². The van der Waals surface area contributed by atoms with E-state index in [0.717, 1.165) is 4.47 Å². The van der Waals surface area contributed by atoms with Crippen molar-refractivity contribution in [3.05, 3.63) is 32.7 Å². The Morgan fingerprint density at radius 2 is 2.06 bits per heavy atom. The Morgan fingerprint density at radius 1 is 1.33 bits per heavy atom. The van der Waals surface area contributed by atoms with Gasteiger partial charge >= 0.3 is 5.97 Å². The monoisotopic (exact) mass is 377 g/mol. The molecule has 0 saturated carbocycles. The van der Waals surface area contributed by atoms with Gasteiger partial charge in [0.15, 0.2) is 0 Å². The molecule has 1 aromatic rings. The van der Waals surface area contributed by atoms with Crippen LogP contribution < -0.4 is 5.32 Å². The summed E-state index contributed by atoms with van der Waals surface area (Å²) in [4.78, 5) is 22.9. The zero-order chi connectivity index (χ0) is 13.5. The normalized spacial score (nSPS) is 9.94. The highest BCUT2D eigenvalue weighted by Crippen LogP contribution is 2.21. The highest BCUT2D eigenvalue weighted by Gasteiger charge is 2.10. The maximum Gasteiger partial charge on any atom is 0.307 e. The number of hydrogen-bond acceptors (Lipinski definition) is 3. The van der Waals surface area contributed by atoms with Gasteiger partial charge in [-0.15, -0.1) is 0 Å². The predicted octanol–water partition coefficient (Wildman–Crippen LogP) is 2.89. The van der Waals surface area contributed by atoms with Crippen LogP contribution in [0.15, 0.2) is 27.1 Å². The maximum atomic E-state index is 11.8. The van der Waals surface area contributed by atoms with Crippen molar-refractivity contribution in [1.29, 1.82) is 0 Å². The van der Waals surface area contributed by atoms with Crippen molar-refractivity contribution in [2.75, 3.05) is 13.2 Å². The molecule has 1 amide bonds. The lowest BCUT2D eigenvalue weighted by Gasteiger charge is -2.07. The van der Waals surface area contributed by atoms with E-state index in [0.29, 0.717) is 16.6 Å². The molecule has 0 aromatic heterocycles. The fourth-order valence-corrected chi connectivity index (χ4v) is 2.51. The average molecular weight is 379 g/mol. The highest BCUT2D eigenvalue weighted by atomic mass is 79.9. The van der Waals surface area contributed by atoms with Crippen LogP contribution in [0.5, 0.6) is 0 Å². The molecule has 0 saturated heterocycles. The molecule has 0 atom stereocenters. The van der Waals surface area contributed by atoms with Crippen molar-refractivity contribution in [2.45, 2.75) is 13.3 Å². The number of ether oxygens (including phenoxy) is 1. The standard InChI is InChI=1S/C12H13Br2NO3/c1-2-18-11(16)5-6-15-12(17)9-4-3-8(13)7-10(9)14/h3-4,7H,2,5-6H2,1H3,(H,15,17). The Kier molecular flexibility index (Phi) is 6.35. The van der Waals surface area contributed by atoms with E-state index in [2.05, 4.69) is 37.2 Å². The SMILES string of the molecule is CCOC(=O)CCNC(=O)c1ccc(Br)cc1Br. The van der Waals surface area contributed by atoms with E-state index in [1.54, 1.807) is 25.1 Å². The van der Waals surface area contributed by atoms with Gasteiger partial charge < -0.3 is 10.1 Å². The van der Waals surface area contributed by atoms with Gasteiger partial charge in [-0.1, -0.05) is 15.9 Å². The van der Waals surface area contributed by atoms with E-state index < -0.39 is 0 Å². The number of esters is 1. The van der Waals surface area contributed by atoms with Gasteiger partial charge in [-0.2, -0.15) is 0 Å². The van der Waals surface area contributed by atoms with Crippen LogP contribution in [0.2, 0.25) is 0 Å². The molecule has 1 aromatic carbocycles. The number of halogens is 2. The number of benzene rings is 1. The van der Waals surface area contributed by atoms with Crippen LogP contribution in [0.4, 0.5) is 0 Å². The smallest absolute Gasteiger partial charge is 0.307 e. The Hall–Kier alpha value is -0.880. The predicted molar refractivity (Wildman–Crippen MR) is 75.4 cm³/mol. The third kappa shape index (κ3) is 4.78. The summed E-state index contributed by atoms with van der Waals surface area (Å²) in [5, 5.41) is 2.66. The second-order valence-corrected chi connectivity index (χ2v) is 5.21. The van der Waals surface area contributed by atoms with Crippen LogP contribution in [0.3, 0.4) is 0 Å². The third-order valence-corrected chi connectivity index (χ3v) is 3.25. The first kappa shape index (κ1) is 15.2. The minimum absolute atomic E-state index is 0.174. The van der Waals surface area contributed by atoms with E-state index in [-0.39, 0.29) is 24.8 Å². The molecule has 0 heterocycles. The highest BCUT2D eigenvalue weighted by molar-refractivity contribution is 9.11. The van der Waals surface area contributed by atoms with Gasteiger partial charge in [-0.05, 0) is 41.1 Å². The second kappa shape index (κ2) is 7.53. The van der Waals surface area contributed by atoms with Crippen molar-refractivity contribution in [2.24, 2.45) is 0 Å². The van der Waals surface area contributed by atoms with Gasteiger partial charge in [-0.25, -0.2) is 0 Å². The summed E-state index contributed by atoms with van der Waals surface area (Å²) in [5.74, 6) is -0.536. The van der Waals surface area contributed by atoms with Crippen LogP contribution in [0.25, 0.3) is 0 Å². The van der Waals surface area contributed by atoms with Crippen LogP contribution in [0, 0.1) is 0 Å². The molecular weight excluding hydrogens is 366 g/mol. The quantitative estimate of drug-likeness (QED) is 0.801. The van der Waals surface area contributed by atoms with Crippen LogP contribution in [-0.2, 0) is 9.53 Å². The molecule has 0 unspecified atom stereocenters. The second-order valence-electron chi connectivity index (χ2n) is 3.44. The molecule has 6 heteroatoms. The van der Waals surface area contributed by atoms with E-state index in [1.165, 1.54) is 0 Å². The molecule has 0 aliphatic heterocycles. The van der Waals surface area contributed by atoms with E-state index in [4.69, 9.17) is 4.74 Å². The Bertz CT molecular complexity index is 449. The van der Waals surface area contributed by atoms with Crippen molar-refractivity contribution < 1.29 is 14.3 Å². The molecule has 0 radical (unpaired) electrons. The van der Waals surface area contributed by atoms with Crippen LogP contribution in [-0.4, -0.2) is 25.0 Å². The van der Waals surface area contributed by atoms with Crippen molar-refractivity contribution in [3.63, 3.8) is 0 Å². The first-order chi connectivity index (χ1) is 8.54. The molecule has 4 nitrogen and oxygen atoms in total. The van der Waals surface area contributed by atoms with Gasteiger partial charge in [0.1, 0.15) is 0 Å². The fraction of sp³-hybridized carbons (Fsp3) is 0.333. The first-order valence-corrected chi connectivity index (χ1v) is 7.02. The topological polar surface area (TPSA) is 55.4 Å². The summed E-state index contributed by atoms with van der Waals surface area (Å²) < 4.78 is 6.35. The number of rotatable bonds is 5. The van der Waals surface area contributed by atoms with Crippen LogP contribution >= 0.6 is 31.9 Å². The summed E-state index contributed by atoms with van der Waals surface area (Å²) in [5.41, 5.74) is 0.530. The van der Waals surface area contributed by atoms with E-state index in [9.17, 15) is 9.59 Å².